The van der Waals surface area contributed by atoms with Crippen LogP contribution in [0, 0.1) is 17.8 Å². The van der Waals surface area contributed by atoms with Crippen molar-refractivity contribution in [3.05, 3.63) is 35.9 Å². The van der Waals surface area contributed by atoms with Gasteiger partial charge in [-0.15, -0.1) is 0 Å². The number of hydrogen-bond acceptors (Lipinski definition) is 3. The summed E-state index contributed by atoms with van der Waals surface area (Å²) in [5, 5.41) is 0. The van der Waals surface area contributed by atoms with Gasteiger partial charge in [0, 0.05) is 24.8 Å². The van der Waals surface area contributed by atoms with Crippen LogP contribution >= 0.6 is 0 Å². The Morgan fingerprint density at radius 3 is 2.64 bits per heavy atom. The molecule has 4 nitrogen and oxygen atoms in total. The molecular formula is C21H28N2O2. The molecule has 2 bridgehead atoms. The van der Waals surface area contributed by atoms with E-state index in [4.69, 9.17) is 9.73 Å². The number of benzene rings is 1. The number of likely N-dealkylation sites (tertiary alicyclic amines) is 1. The number of hydrogen-bond donors (Lipinski definition) is 0. The summed E-state index contributed by atoms with van der Waals surface area (Å²) in [6, 6.07) is 10.6. The van der Waals surface area contributed by atoms with E-state index in [9.17, 15) is 4.79 Å². The molecule has 0 radical (unpaired) electrons. The zero-order valence-corrected chi connectivity index (χ0v) is 15.6. The Balaban J connectivity index is 1.80. The highest BCUT2D eigenvalue weighted by Gasteiger charge is 2.62. The van der Waals surface area contributed by atoms with Gasteiger partial charge in [0.1, 0.15) is 0 Å². The summed E-state index contributed by atoms with van der Waals surface area (Å²) in [6.45, 7) is 9.24. The smallest absolute Gasteiger partial charge is 0.228 e. The Labute approximate surface area is 150 Å². The molecule has 1 saturated heterocycles. The molecule has 2 heterocycles. The molecule has 1 unspecified atom stereocenters. The summed E-state index contributed by atoms with van der Waals surface area (Å²) in [4.78, 5) is 20.1. The number of fused-ring (bicyclic) bond motifs is 1. The Bertz CT molecular complexity index is 699. The summed E-state index contributed by atoms with van der Waals surface area (Å²) in [5.41, 5.74) is 1.80. The summed E-state index contributed by atoms with van der Waals surface area (Å²) >= 11 is 0. The number of rotatable bonds is 3. The largest absolute Gasteiger partial charge is 0.325 e. The fraction of sp³-hybridized carbons (Fsp3) is 0.619. The molecule has 1 spiro atoms. The SMILES string of the molecule is CCN1C(=O)C2C[C@@]13O[C@H](C(C)C)N=C3C[C@H](c1ccccc1)[C@H]2C. The molecule has 4 heteroatoms. The van der Waals surface area contributed by atoms with E-state index in [1.807, 2.05) is 17.9 Å². The molecule has 0 aromatic heterocycles. The molecule has 3 aliphatic rings. The lowest BCUT2D eigenvalue weighted by Crippen LogP contribution is -2.52. The molecule has 1 aromatic carbocycles. The minimum absolute atomic E-state index is 0.0174. The zero-order chi connectivity index (χ0) is 17.8. The second-order valence-electron chi connectivity index (χ2n) is 8.09. The molecule has 5 atom stereocenters. The Kier molecular flexibility index (Phi) is 3.99. The minimum atomic E-state index is -0.594. The van der Waals surface area contributed by atoms with Gasteiger partial charge < -0.3 is 9.64 Å². The van der Waals surface area contributed by atoms with Gasteiger partial charge in [-0.2, -0.15) is 0 Å². The second kappa shape index (κ2) is 5.94. The van der Waals surface area contributed by atoms with Crippen LogP contribution in [0.3, 0.4) is 0 Å². The van der Waals surface area contributed by atoms with Crippen LogP contribution in [0.5, 0.6) is 0 Å². The van der Waals surface area contributed by atoms with Crippen LogP contribution in [0.15, 0.2) is 35.3 Å². The van der Waals surface area contributed by atoms with Gasteiger partial charge in [-0.1, -0.05) is 51.1 Å². The lowest BCUT2D eigenvalue weighted by atomic mass is 9.78. The van der Waals surface area contributed by atoms with Crippen molar-refractivity contribution in [1.29, 1.82) is 0 Å². The van der Waals surface area contributed by atoms with Crippen LogP contribution < -0.4 is 0 Å². The van der Waals surface area contributed by atoms with Gasteiger partial charge in [-0.25, -0.2) is 0 Å². The lowest BCUT2D eigenvalue weighted by Gasteiger charge is -2.37. The number of ether oxygens (including phenoxy) is 1. The predicted octanol–water partition coefficient (Wildman–Crippen LogP) is 3.83. The van der Waals surface area contributed by atoms with E-state index in [1.165, 1.54) is 5.56 Å². The van der Waals surface area contributed by atoms with Gasteiger partial charge >= 0.3 is 0 Å². The molecule has 2 fully saturated rings. The highest BCUT2D eigenvalue weighted by Crippen LogP contribution is 2.52. The average Bonchev–Trinajstić information content (AvgIpc) is 3.07. The fourth-order valence-corrected chi connectivity index (χ4v) is 4.92. The number of aliphatic imine (C=N–C) groups is 1. The Morgan fingerprint density at radius 2 is 2.00 bits per heavy atom. The molecule has 25 heavy (non-hydrogen) atoms. The number of amides is 1. The predicted molar refractivity (Wildman–Crippen MR) is 98.3 cm³/mol. The average molecular weight is 340 g/mol. The lowest BCUT2D eigenvalue weighted by molar-refractivity contribution is -0.150. The van der Waals surface area contributed by atoms with E-state index in [-0.39, 0.29) is 24.0 Å². The number of carbonyl (C=O) groups is 1. The standard InChI is InChI=1S/C21H28N2O2/c1-5-23-20(24)17-12-21(23)18(22-19(25-21)13(2)3)11-16(14(17)4)15-9-7-6-8-10-15/h6-10,13-14,16-17,19H,5,11-12H2,1-4H3/t14-,16+,17?,19-,21+/m1/s1. The minimum Gasteiger partial charge on any atom is -0.325 e. The first-order valence-corrected chi connectivity index (χ1v) is 9.59. The van der Waals surface area contributed by atoms with E-state index in [2.05, 4.69) is 45.0 Å². The third-order valence-corrected chi connectivity index (χ3v) is 6.36. The highest BCUT2D eigenvalue weighted by molar-refractivity contribution is 6.01. The quantitative estimate of drug-likeness (QED) is 0.839. The van der Waals surface area contributed by atoms with Crippen molar-refractivity contribution < 1.29 is 9.53 Å². The zero-order valence-electron chi connectivity index (χ0n) is 15.6. The van der Waals surface area contributed by atoms with Gasteiger partial charge in [0.25, 0.3) is 0 Å². The second-order valence-corrected chi connectivity index (χ2v) is 8.09. The van der Waals surface area contributed by atoms with Crippen LogP contribution in [-0.2, 0) is 9.53 Å². The molecule has 1 saturated carbocycles. The molecule has 2 aliphatic heterocycles. The molecule has 1 aliphatic carbocycles. The van der Waals surface area contributed by atoms with Gasteiger partial charge in [0.2, 0.25) is 5.91 Å². The summed E-state index contributed by atoms with van der Waals surface area (Å²) < 4.78 is 6.49. The maximum Gasteiger partial charge on any atom is 0.228 e. The van der Waals surface area contributed by atoms with E-state index in [1.54, 1.807) is 0 Å². The fourth-order valence-electron chi connectivity index (χ4n) is 4.92. The maximum atomic E-state index is 13.2. The Hall–Kier alpha value is -1.68. The van der Waals surface area contributed by atoms with Crippen molar-refractivity contribution in [3.8, 4) is 0 Å². The van der Waals surface area contributed by atoms with E-state index >= 15 is 0 Å². The van der Waals surface area contributed by atoms with Crippen molar-refractivity contribution in [2.45, 2.75) is 58.4 Å². The third-order valence-electron chi connectivity index (χ3n) is 6.36. The van der Waals surface area contributed by atoms with Crippen LogP contribution in [-0.4, -0.2) is 35.0 Å². The van der Waals surface area contributed by atoms with Crippen LogP contribution in [0.2, 0.25) is 0 Å². The van der Waals surface area contributed by atoms with Crippen molar-refractivity contribution in [2.24, 2.45) is 22.7 Å². The first kappa shape index (κ1) is 16.8. The summed E-state index contributed by atoms with van der Waals surface area (Å²) in [5.74, 6) is 1.19. The number of carbonyl (C=O) groups excluding carboxylic acids is 1. The first-order chi connectivity index (χ1) is 12.0. The molecule has 1 aromatic rings. The van der Waals surface area contributed by atoms with Gasteiger partial charge in [-0.05, 0) is 30.7 Å². The maximum absolute atomic E-state index is 13.2. The van der Waals surface area contributed by atoms with Crippen molar-refractivity contribution in [2.75, 3.05) is 6.54 Å². The van der Waals surface area contributed by atoms with E-state index < -0.39 is 5.72 Å². The van der Waals surface area contributed by atoms with Gasteiger partial charge in [-0.3, -0.25) is 9.79 Å². The van der Waals surface area contributed by atoms with Crippen LogP contribution in [0.25, 0.3) is 0 Å². The van der Waals surface area contributed by atoms with Crippen molar-refractivity contribution >= 4 is 11.6 Å². The molecule has 134 valence electrons. The third kappa shape index (κ3) is 2.37. The van der Waals surface area contributed by atoms with E-state index in [0.717, 1.165) is 18.6 Å². The normalized spacial score (nSPS) is 37.2. The van der Waals surface area contributed by atoms with Crippen molar-refractivity contribution in [3.63, 3.8) is 0 Å². The van der Waals surface area contributed by atoms with Gasteiger partial charge in [0.15, 0.2) is 12.0 Å². The van der Waals surface area contributed by atoms with Crippen LogP contribution in [0.4, 0.5) is 0 Å². The molecule has 4 rings (SSSR count). The topological polar surface area (TPSA) is 41.9 Å². The highest BCUT2D eigenvalue weighted by atomic mass is 16.6. The van der Waals surface area contributed by atoms with Crippen molar-refractivity contribution in [1.82, 2.24) is 4.90 Å². The monoisotopic (exact) mass is 340 g/mol. The Morgan fingerprint density at radius 1 is 1.28 bits per heavy atom. The van der Waals surface area contributed by atoms with Crippen LogP contribution in [0.1, 0.15) is 52.0 Å². The first-order valence-electron chi connectivity index (χ1n) is 9.59. The van der Waals surface area contributed by atoms with E-state index in [0.29, 0.717) is 18.4 Å². The number of nitrogens with zero attached hydrogens (tertiary/aromatic N) is 2. The molecular weight excluding hydrogens is 312 g/mol. The summed E-state index contributed by atoms with van der Waals surface area (Å²) in [6.07, 6.45) is 1.50. The molecule has 0 N–H and O–H groups in total. The summed E-state index contributed by atoms with van der Waals surface area (Å²) in [7, 11) is 0. The molecule has 1 amide bonds. The van der Waals surface area contributed by atoms with Gasteiger partial charge in [0.05, 0.1) is 5.71 Å².